The molecular weight excluding hydrogens is 453 g/mol. The molecule has 32 heavy (non-hydrogen) atoms. The van der Waals surface area contributed by atoms with E-state index >= 15 is 0 Å². The highest BCUT2D eigenvalue weighted by atomic mass is 35.5. The fourth-order valence-electron chi connectivity index (χ4n) is 3.10. The Bertz CT molecular complexity index is 1050. The van der Waals surface area contributed by atoms with Gasteiger partial charge in [-0.15, -0.1) is 0 Å². The number of aliphatic imine (C=N–C) groups is 1. The third-order valence-corrected chi connectivity index (χ3v) is 5.45. The van der Waals surface area contributed by atoms with Crippen LogP contribution in [-0.2, 0) is 4.79 Å². The van der Waals surface area contributed by atoms with Gasteiger partial charge < -0.3 is 20.4 Å². The van der Waals surface area contributed by atoms with Crippen LogP contribution in [0.25, 0.3) is 0 Å². The molecule has 1 aromatic carbocycles. The molecule has 0 aromatic heterocycles. The van der Waals surface area contributed by atoms with Crippen molar-refractivity contribution in [2.24, 2.45) is 4.99 Å². The predicted octanol–water partition coefficient (Wildman–Crippen LogP) is 2.18. The van der Waals surface area contributed by atoms with Gasteiger partial charge >= 0.3 is 0 Å². The maximum absolute atomic E-state index is 12.7. The fourth-order valence-corrected chi connectivity index (χ4v) is 3.58. The van der Waals surface area contributed by atoms with Gasteiger partial charge in [0.05, 0.1) is 23.7 Å². The lowest BCUT2D eigenvalue weighted by Gasteiger charge is -2.32. The number of carbonyl (C=O) groups excluding carboxylic acids is 3. The quantitative estimate of drug-likeness (QED) is 0.697. The van der Waals surface area contributed by atoms with E-state index in [1.165, 1.54) is 23.1 Å². The summed E-state index contributed by atoms with van der Waals surface area (Å²) in [6.45, 7) is 5.28. The molecule has 0 unspecified atom stereocenters. The molecule has 2 aliphatic heterocycles. The predicted molar refractivity (Wildman–Crippen MR) is 125 cm³/mol. The number of nitrogens with one attached hydrogen (secondary N) is 2. The van der Waals surface area contributed by atoms with E-state index in [1.807, 2.05) is 0 Å². The summed E-state index contributed by atoms with van der Waals surface area (Å²) in [6, 6.07) is 4.46. The molecule has 1 saturated heterocycles. The van der Waals surface area contributed by atoms with E-state index in [2.05, 4.69) is 22.2 Å². The summed E-state index contributed by atoms with van der Waals surface area (Å²) in [6.07, 6.45) is 5.18. The van der Waals surface area contributed by atoms with Crippen molar-refractivity contribution in [2.45, 2.75) is 0 Å². The van der Waals surface area contributed by atoms with Crippen LogP contribution in [0.3, 0.4) is 0 Å². The summed E-state index contributed by atoms with van der Waals surface area (Å²) >= 11 is 12.3. The lowest BCUT2D eigenvalue weighted by Crippen LogP contribution is -2.50. The Morgan fingerprint density at radius 3 is 2.78 bits per heavy atom. The summed E-state index contributed by atoms with van der Waals surface area (Å²) in [7, 11) is 1.70. The minimum Gasteiger partial charge on any atom is -0.345 e. The van der Waals surface area contributed by atoms with Crippen molar-refractivity contribution in [3.63, 3.8) is 0 Å². The number of amidine groups is 1. The first-order valence-electron chi connectivity index (χ1n) is 9.88. The molecule has 8 nitrogen and oxygen atoms in total. The second-order valence-corrected chi connectivity index (χ2v) is 8.13. The van der Waals surface area contributed by atoms with Gasteiger partial charge in [0.25, 0.3) is 11.8 Å². The zero-order chi connectivity index (χ0) is 23.3. The highest BCUT2D eigenvalue weighted by molar-refractivity contribution is 6.34. The summed E-state index contributed by atoms with van der Waals surface area (Å²) in [5, 5.41) is 6.44. The van der Waals surface area contributed by atoms with Gasteiger partial charge in [0.1, 0.15) is 12.4 Å². The first-order valence-corrected chi connectivity index (χ1v) is 10.6. The van der Waals surface area contributed by atoms with Crippen molar-refractivity contribution in [3.8, 4) is 0 Å². The van der Waals surface area contributed by atoms with Crippen LogP contribution >= 0.6 is 23.2 Å². The summed E-state index contributed by atoms with van der Waals surface area (Å²) in [4.78, 5) is 44.6. The molecule has 0 bridgehead atoms. The van der Waals surface area contributed by atoms with Crippen molar-refractivity contribution < 1.29 is 14.4 Å². The second kappa shape index (κ2) is 10.5. The van der Waals surface area contributed by atoms with Gasteiger partial charge in [0.2, 0.25) is 5.91 Å². The van der Waals surface area contributed by atoms with E-state index in [4.69, 9.17) is 23.2 Å². The number of rotatable bonds is 4. The second-order valence-electron chi connectivity index (χ2n) is 7.29. The molecule has 3 amide bonds. The van der Waals surface area contributed by atoms with Gasteiger partial charge in [0.15, 0.2) is 0 Å². The van der Waals surface area contributed by atoms with Crippen molar-refractivity contribution >= 4 is 46.8 Å². The Balaban J connectivity index is 1.63. The Morgan fingerprint density at radius 2 is 2.06 bits per heavy atom. The minimum absolute atomic E-state index is 0.00386. The van der Waals surface area contributed by atoms with E-state index in [0.717, 1.165) is 0 Å². The van der Waals surface area contributed by atoms with Crippen LogP contribution in [-0.4, -0.2) is 73.1 Å². The lowest BCUT2D eigenvalue weighted by molar-refractivity contribution is -0.133. The number of allylic oxidation sites excluding steroid dienone is 3. The number of likely N-dealkylation sites (N-methyl/N-ethyl adjacent to an activating group) is 1. The van der Waals surface area contributed by atoms with E-state index in [1.54, 1.807) is 30.2 Å². The SMILES string of the molecule is C=C1/C=C(Cl)\C=C/CN=C(CNC(=O)c2ccc(C(=O)N3CCN(C)C(=O)C3)c(Cl)c2)N1. The molecule has 0 spiro atoms. The zero-order valence-corrected chi connectivity index (χ0v) is 19.0. The minimum atomic E-state index is -0.375. The Hall–Kier alpha value is -3.10. The normalized spacial score (nSPS) is 19.6. The zero-order valence-electron chi connectivity index (χ0n) is 17.5. The molecule has 2 N–H and O–H groups in total. The van der Waals surface area contributed by atoms with Crippen molar-refractivity contribution in [3.05, 3.63) is 69.9 Å². The third-order valence-electron chi connectivity index (χ3n) is 4.90. The number of piperazine rings is 1. The van der Waals surface area contributed by atoms with Crippen LogP contribution in [0.4, 0.5) is 0 Å². The van der Waals surface area contributed by atoms with Gasteiger partial charge in [-0.05, 0) is 30.4 Å². The number of benzene rings is 1. The molecule has 0 atom stereocenters. The van der Waals surface area contributed by atoms with Gasteiger partial charge in [-0.1, -0.05) is 35.9 Å². The Kier molecular flexibility index (Phi) is 7.71. The molecule has 1 fully saturated rings. The summed E-state index contributed by atoms with van der Waals surface area (Å²) in [5.74, 6) is -0.326. The largest absolute Gasteiger partial charge is 0.345 e. The lowest BCUT2D eigenvalue weighted by atomic mass is 10.1. The van der Waals surface area contributed by atoms with Gasteiger partial charge in [-0.3, -0.25) is 19.4 Å². The molecule has 168 valence electrons. The Labute approximate surface area is 196 Å². The number of hydrogen-bond acceptors (Lipinski definition) is 5. The van der Waals surface area contributed by atoms with Crippen molar-refractivity contribution in [1.82, 2.24) is 20.4 Å². The standard InChI is InChI=1S/C22H23Cl2N5O3/c1-14-10-16(23)4-3-7-25-19(27-14)12-26-21(31)15-5-6-17(18(24)11-15)22(32)29-9-8-28(2)20(30)13-29/h3-6,10-11H,1,7-9,12-13H2,2H3,(H,25,27)(H,26,31)/b4-3-,16-10+. The molecule has 3 rings (SSSR count). The van der Waals surface area contributed by atoms with Crippen LogP contribution in [0.15, 0.2) is 58.7 Å². The van der Waals surface area contributed by atoms with E-state index in [9.17, 15) is 14.4 Å². The van der Waals surface area contributed by atoms with Gasteiger partial charge in [0, 0.05) is 36.4 Å². The molecule has 10 heteroatoms. The van der Waals surface area contributed by atoms with Crippen molar-refractivity contribution in [2.75, 3.05) is 39.8 Å². The monoisotopic (exact) mass is 475 g/mol. The van der Waals surface area contributed by atoms with E-state index in [0.29, 0.717) is 41.8 Å². The van der Waals surface area contributed by atoms with Crippen LogP contribution in [0.5, 0.6) is 0 Å². The van der Waals surface area contributed by atoms with E-state index in [-0.39, 0.29) is 41.4 Å². The molecular formula is C22H23Cl2N5O3. The molecule has 2 aliphatic rings. The number of hydrogen-bond donors (Lipinski definition) is 2. The van der Waals surface area contributed by atoms with Gasteiger partial charge in [-0.2, -0.15) is 0 Å². The number of amides is 3. The summed E-state index contributed by atoms with van der Waals surface area (Å²) in [5.41, 5.74) is 1.09. The van der Waals surface area contributed by atoms with Crippen LogP contribution in [0.2, 0.25) is 5.02 Å². The Morgan fingerprint density at radius 1 is 1.28 bits per heavy atom. The average Bonchev–Trinajstić information content (AvgIpc) is 2.83. The summed E-state index contributed by atoms with van der Waals surface area (Å²) < 4.78 is 0. The first-order chi connectivity index (χ1) is 15.2. The van der Waals surface area contributed by atoms with Crippen LogP contribution < -0.4 is 10.6 Å². The molecule has 0 aliphatic carbocycles. The molecule has 0 saturated carbocycles. The maximum atomic E-state index is 12.7. The van der Waals surface area contributed by atoms with Crippen LogP contribution in [0.1, 0.15) is 20.7 Å². The number of carbonyl (C=O) groups is 3. The third kappa shape index (κ3) is 5.99. The smallest absolute Gasteiger partial charge is 0.255 e. The molecule has 1 aromatic rings. The van der Waals surface area contributed by atoms with Gasteiger partial charge in [-0.25, -0.2) is 0 Å². The maximum Gasteiger partial charge on any atom is 0.255 e. The first kappa shape index (κ1) is 23.6. The number of nitrogens with zero attached hydrogens (tertiary/aromatic N) is 3. The molecule has 2 heterocycles. The molecule has 0 radical (unpaired) electrons. The number of halogens is 2. The average molecular weight is 476 g/mol. The highest BCUT2D eigenvalue weighted by Crippen LogP contribution is 2.21. The van der Waals surface area contributed by atoms with Crippen molar-refractivity contribution in [1.29, 1.82) is 0 Å². The topological polar surface area (TPSA) is 94.1 Å². The van der Waals surface area contributed by atoms with Crippen LogP contribution in [0, 0.1) is 0 Å². The fraction of sp³-hybridized carbons (Fsp3) is 0.273. The van der Waals surface area contributed by atoms with E-state index < -0.39 is 0 Å². The highest BCUT2D eigenvalue weighted by Gasteiger charge is 2.27.